The van der Waals surface area contributed by atoms with Crippen molar-refractivity contribution in [2.75, 3.05) is 33.4 Å². The second-order valence-electron chi connectivity index (χ2n) is 4.64. The lowest BCUT2D eigenvalue weighted by molar-refractivity contribution is 0.104. The number of fused-ring (bicyclic) bond motifs is 1. The van der Waals surface area contributed by atoms with Gasteiger partial charge in [-0.05, 0) is 11.5 Å². The maximum atomic E-state index is 9.85. The van der Waals surface area contributed by atoms with Crippen LogP contribution in [0.1, 0.15) is 0 Å². The summed E-state index contributed by atoms with van der Waals surface area (Å²) in [6, 6.07) is 14.0. The van der Waals surface area contributed by atoms with E-state index >= 15 is 0 Å². The molecule has 2 aromatic rings. The van der Waals surface area contributed by atoms with Crippen LogP contribution in [0.2, 0.25) is 0 Å². The maximum Gasteiger partial charge on any atom is 0.127 e. The number of aliphatic hydroxyl groups excluding tert-OH is 1. The number of hydrogen-bond donors (Lipinski definition) is 2. The molecule has 0 unspecified atom stereocenters. The summed E-state index contributed by atoms with van der Waals surface area (Å²) in [6.45, 7) is 2.13. The number of aliphatic hydroxyl groups is 1. The van der Waals surface area contributed by atoms with Crippen LogP contribution in [0.5, 0.6) is 5.75 Å². The summed E-state index contributed by atoms with van der Waals surface area (Å²) in [5, 5.41) is 15.2. The number of rotatable bonds is 8. The second kappa shape index (κ2) is 7.85. The van der Waals surface area contributed by atoms with Crippen LogP contribution in [0, 0.1) is 0 Å². The van der Waals surface area contributed by atoms with Crippen LogP contribution in [-0.2, 0) is 4.74 Å². The first-order chi connectivity index (χ1) is 9.81. The van der Waals surface area contributed by atoms with E-state index in [9.17, 15) is 5.11 Å². The van der Waals surface area contributed by atoms with Gasteiger partial charge in [-0.2, -0.15) is 0 Å². The van der Waals surface area contributed by atoms with Crippen molar-refractivity contribution in [2.45, 2.75) is 6.10 Å². The molecule has 2 aromatic carbocycles. The molecular formula is C16H21NO3. The standard InChI is InChI=1S/C16H21NO3/c1-19-10-9-17-11-14(18)12-20-16-8-4-6-13-5-2-3-7-15(13)16/h2-8,14,17-18H,9-12H2,1H3/t14-/m1/s1. The predicted molar refractivity (Wildman–Crippen MR) is 80.2 cm³/mol. The number of methoxy groups -OCH3 is 1. The molecular weight excluding hydrogens is 254 g/mol. The largest absolute Gasteiger partial charge is 0.490 e. The van der Waals surface area contributed by atoms with Crippen LogP contribution >= 0.6 is 0 Å². The molecule has 0 aliphatic heterocycles. The van der Waals surface area contributed by atoms with Crippen molar-refractivity contribution in [1.29, 1.82) is 0 Å². The van der Waals surface area contributed by atoms with Crippen LogP contribution in [0.25, 0.3) is 10.8 Å². The van der Waals surface area contributed by atoms with Crippen molar-refractivity contribution in [3.05, 3.63) is 42.5 Å². The minimum atomic E-state index is -0.536. The van der Waals surface area contributed by atoms with Gasteiger partial charge in [0.15, 0.2) is 0 Å². The summed E-state index contributed by atoms with van der Waals surface area (Å²) in [7, 11) is 1.65. The van der Waals surface area contributed by atoms with Gasteiger partial charge in [-0.25, -0.2) is 0 Å². The molecule has 4 nitrogen and oxygen atoms in total. The van der Waals surface area contributed by atoms with E-state index in [2.05, 4.69) is 5.32 Å². The summed E-state index contributed by atoms with van der Waals surface area (Å²) < 4.78 is 10.6. The monoisotopic (exact) mass is 275 g/mol. The van der Waals surface area contributed by atoms with Crippen molar-refractivity contribution in [2.24, 2.45) is 0 Å². The Morgan fingerprint density at radius 1 is 1.15 bits per heavy atom. The average Bonchev–Trinajstić information content (AvgIpc) is 2.49. The molecule has 0 aromatic heterocycles. The van der Waals surface area contributed by atoms with E-state index in [0.29, 0.717) is 13.2 Å². The van der Waals surface area contributed by atoms with Gasteiger partial charge in [-0.15, -0.1) is 0 Å². The molecule has 2 rings (SSSR count). The molecule has 108 valence electrons. The molecule has 1 atom stereocenters. The molecule has 0 aliphatic carbocycles. The van der Waals surface area contributed by atoms with E-state index in [1.807, 2.05) is 42.5 Å². The third-order valence-electron chi connectivity index (χ3n) is 3.04. The fraction of sp³-hybridized carbons (Fsp3) is 0.375. The first-order valence-corrected chi connectivity index (χ1v) is 6.79. The Balaban J connectivity index is 1.86. The Hall–Kier alpha value is -1.62. The van der Waals surface area contributed by atoms with Crippen LogP contribution in [-0.4, -0.2) is 44.6 Å². The van der Waals surface area contributed by atoms with E-state index in [1.165, 1.54) is 0 Å². The molecule has 0 spiro atoms. The SMILES string of the molecule is COCCNC[C@@H](O)COc1cccc2ccccc12. The Labute approximate surface area is 119 Å². The third-order valence-corrected chi connectivity index (χ3v) is 3.04. The van der Waals surface area contributed by atoms with Gasteiger partial charge in [0.05, 0.1) is 6.61 Å². The molecule has 0 radical (unpaired) electrons. The van der Waals surface area contributed by atoms with E-state index in [-0.39, 0.29) is 6.61 Å². The molecule has 0 saturated carbocycles. The number of nitrogens with one attached hydrogen (secondary N) is 1. The lowest BCUT2D eigenvalue weighted by Crippen LogP contribution is -2.33. The zero-order valence-electron chi connectivity index (χ0n) is 11.7. The molecule has 4 heteroatoms. The Morgan fingerprint density at radius 3 is 2.80 bits per heavy atom. The van der Waals surface area contributed by atoms with Gasteiger partial charge in [0.1, 0.15) is 18.5 Å². The van der Waals surface area contributed by atoms with Gasteiger partial charge in [0.25, 0.3) is 0 Å². The van der Waals surface area contributed by atoms with Crippen LogP contribution in [0.3, 0.4) is 0 Å². The highest BCUT2D eigenvalue weighted by Crippen LogP contribution is 2.25. The summed E-state index contributed by atoms with van der Waals surface area (Å²) in [5.41, 5.74) is 0. The maximum absolute atomic E-state index is 9.85. The van der Waals surface area contributed by atoms with Crippen molar-refractivity contribution in [3.63, 3.8) is 0 Å². The predicted octanol–water partition coefficient (Wildman–Crippen LogP) is 1.82. The van der Waals surface area contributed by atoms with Gasteiger partial charge in [0, 0.05) is 25.6 Å². The lowest BCUT2D eigenvalue weighted by atomic mass is 10.1. The highest BCUT2D eigenvalue weighted by atomic mass is 16.5. The summed E-state index contributed by atoms with van der Waals surface area (Å²) in [4.78, 5) is 0. The van der Waals surface area contributed by atoms with Crippen LogP contribution in [0.4, 0.5) is 0 Å². The highest BCUT2D eigenvalue weighted by Gasteiger charge is 2.06. The quantitative estimate of drug-likeness (QED) is 0.722. The molecule has 0 bridgehead atoms. The minimum Gasteiger partial charge on any atom is -0.490 e. The Bertz CT molecular complexity index is 525. The molecule has 0 fully saturated rings. The summed E-state index contributed by atoms with van der Waals surface area (Å²) in [6.07, 6.45) is -0.536. The highest BCUT2D eigenvalue weighted by molar-refractivity contribution is 5.88. The van der Waals surface area contributed by atoms with Crippen molar-refractivity contribution >= 4 is 10.8 Å². The fourth-order valence-corrected chi connectivity index (χ4v) is 2.01. The minimum absolute atomic E-state index is 0.272. The van der Waals surface area contributed by atoms with E-state index in [0.717, 1.165) is 23.1 Å². The number of ether oxygens (including phenoxy) is 2. The van der Waals surface area contributed by atoms with Crippen molar-refractivity contribution in [3.8, 4) is 5.75 Å². The fourth-order valence-electron chi connectivity index (χ4n) is 2.01. The molecule has 0 amide bonds. The molecule has 0 heterocycles. The summed E-state index contributed by atoms with van der Waals surface area (Å²) in [5.74, 6) is 0.805. The number of benzene rings is 2. The van der Waals surface area contributed by atoms with Crippen LogP contribution in [0.15, 0.2) is 42.5 Å². The zero-order chi connectivity index (χ0) is 14.2. The van der Waals surface area contributed by atoms with Gasteiger partial charge < -0.3 is 19.9 Å². The first kappa shape index (κ1) is 14.8. The lowest BCUT2D eigenvalue weighted by Gasteiger charge is -2.14. The van der Waals surface area contributed by atoms with Gasteiger partial charge in [-0.1, -0.05) is 36.4 Å². The van der Waals surface area contributed by atoms with Crippen molar-refractivity contribution < 1.29 is 14.6 Å². The number of hydrogen-bond acceptors (Lipinski definition) is 4. The van der Waals surface area contributed by atoms with Crippen LogP contribution < -0.4 is 10.1 Å². The smallest absolute Gasteiger partial charge is 0.127 e. The van der Waals surface area contributed by atoms with Gasteiger partial charge in [-0.3, -0.25) is 0 Å². The average molecular weight is 275 g/mol. The van der Waals surface area contributed by atoms with E-state index in [1.54, 1.807) is 7.11 Å². The van der Waals surface area contributed by atoms with E-state index < -0.39 is 6.10 Å². The Kier molecular flexibility index (Phi) is 5.80. The molecule has 0 saturated heterocycles. The van der Waals surface area contributed by atoms with Gasteiger partial charge in [0.2, 0.25) is 0 Å². The summed E-state index contributed by atoms with van der Waals surface area (Å²) >= 11 is 0. The van der Waals surface area contributed by atoms with Crippen molar-refractivity contribution in [1.82, 2.24) is 5.32 Å². The third kappa shape index (κ3) is 4.20. The normalized spacial score (nSPS) is 12.5. The molecule has 0 aliphatic rings. The first-order valence-electron chi connectivity index (χ1n) is 6.79. The van der Waals surface area contributed by atoms with Gasteiger partial charge >= 0.3 is 0 Å². The zero-order valence-corrected chi connectivity index (χ0v) is 11.7. The Morgan fingerprint density at radius 2 is 1.95 bits per heavy atom. The topological polar surface area (TPSA) is 50.7 Å². The van der Waals surface area contributed by atoms with E-state index in [4.69, 9.17) is 9.47 Å². The molecule has 2 N–H and O–H groups in total. The second-order valence-corrected chi connectivity index (χ2v) is 4.64. The molecule has 20 heavy (non-hydrogen) atoms.